The van der Waals surface area contributed by atoms with Crippen LogP contribution in [0.1, 0.15) is 155 Å². The van der Waals surface area contributed by atoms with Gasteiger partial charge in [0, 0.05) is 21.7 Å². The summed E-state index contributed by atoms with van der Waals surface area (Å²) in [5, 5.41) is 0. The molecule has 5 heteroatoms. The molecule has 0 aliphatic heterocycles. The van der Waals surface area contributed by atoms with E-state index >= 15 is 0 Å². The molecule has 0 saturated heterocycles. The molecule has 0 saturated carbocycles. The minimum atomic E-state index is -1.66. The van der Waals surface area contributed by atoms with Crippen molar-refractivity contribution >= 4 is 8.60 Å². The van der Waals surface area contributed by atoms with Crippen molar-refractivity contribution in [2.75, 3.05) is 13.2 Å². The fourth-order valence-corrected chi connectivity index (χ4v) is 4.50. The van der Waals surface area contributed by atoms with Gasteiger partial charge < -0.3 is 13.9 Å². The molecule has 0 aromatic rings. The van der Waals surface area contributed by atoms with Crippen LogP contribution in [0.4, 0.5) is 0 Å². The van der Waals surface area contributed by atoms with E-state index in [1.54, 1.807) is 0 Å². The molecule has 31 heavy (non-hydrogen) atoms. The Morgan fingerprint density at radius 3 is 0.903 bits per heavy atom. The first kappa shape index (κ1) is 34.2. The van der Waals surface area contributed by atoms with Crippen molar-refractivity contribution in [1.82, 2.24) is 0 Å². The van der Waals surface area contributed by atoms with Crippen LogP contribution in [0.15, 0.2) is 0 Å². The first-order valence-corrected chi connectivity index (χ1v) is 14.7. The Hall–Kier alpha value is 1.02. The standard InChI is InChI=1S/C26H55O3P.Ti/c1-3-5-7-9-11-13-15-17-19-21-23-25-28-30(27)29-26-24-22-20-18-16-14-12-10-8-6-4-2;/h27H,3-26H2,1-2H3;. The summed E-state index contributed by atoms with van der Waals surface area (Å²) in [6, 6.07) is 0. The van der Waals surface area contributed by atoms with E-state index in [4.69, 9.17) is 9.05 Å². The molecule has 0 heterocycles. The molecule has 0 aromatic heterocycles. The van der Waals surface area contributed by atoms with Crippen LogP contribution in [0.25, 0.3) is 0 Å². The van der Waals surface area contributed by atoms with Gasteiger partial charge in [0.05, 0.1) is 13.2 Å². The molecule has 0 aliphatic rings. The van der Waals surface area contributed by atoms with E-state index in [1.807, 2.05) is 0 Å². The third kappa shape index (κ3) is 31.0. The minimum absolute atomic E-state index is 0. The van der Waals surface area contributed by atoms with Gasteiger partial charge in [-0.3, -0.25) is 0 Å². The molecular weight excluding hydrogens is 439 g/mol. The van der Waals surface area contributed by atoms with E-state index < -0.39 is 8.60 Å². The van der Waals surface area contributed by atoms with Crippen molar-refractivity contribution in [3.8, 4) is 0 Å². The van der Waals surface area contributed by atoms with Crippen LogP contribution >= 0.6 is 8.60 Å². The van der Waals surface area contributed by atoms with Crippen LogP contribution in [-0.2, 0) is 30.8 Å². The van der Waals surface area contributed by atoms with E-state index in [0.717, 1.165) is 12.8 Å². The van der Waals surface area contributed by atoms with Crippen LogP contribution in [-0.4, -0.2) is 18.1 Å². The zero-order chi connectivity index (χ0) is 22.0. The average Bonchev–Trinajstić information content (AvgIpc) is 2.75. The smallest absolute Gasteiger partial charge is 0.328 e. The second-order valence-electron chi connectivity index (χ2n) is 8.98. The molecule has 186 valence electrons. The van der Waals surface area contributed by atoms with Gasteiger partial charge in [-0.2, -0.15) is 0 Å². The quantitative estimate of drug-likeness (QED) is 0.0739. The van der Waals surface area contributed by atoms with Crippen LogP contribution in [0.5, 0.6) is 0 Å². The van der Waals surface area contributed by atoms with Gasteiger partial charge in [0.25, 0.3) is 0 Å². The summed E-state index contributed by atoms with van der Waals surface area (Å²) in [5.74, 6) is 0. The van der Waals surface area contributed by atoms with Crippen LogP contribution in [0.2, 0.25) is 0 Å². The van der Waals surface area contributed by atoms with Crippen molar-refractivity contribution in [2.45, 2.75) is 155 Å². The topological polar surface area (TPSA) is 38.7 Å². The third-order valence-electron chi connectivity index (χ3n) is 5.90. The molecule has 1 N–H and O–H groups in total. The van der Waals surface area contributed by atoms with E-state index in [-0.39, 0.29) is 21.7 Å². The normalized spacial score (nSPS) is 11.2. The van der Waals surface area contributed by atoms with Gasteiger partial charge in [0.15, 0.2) is 0 Å². The summed E-state index contributed by atoms with van der Waals surface area (Å²) in [7, 11) is -1.66. The molecule has 0 bridgehead atoms. The Bertz CT molecular complexity index is 280. The maximum absolute atomic E-state index is 9.79. The molecule has 0 aromatic carbocycles. The van der Waals surface area contributed by atoms with E-state index in [0.29, 0.717) is 13.2 Å². The van der Waals surface area contributed by atoms with Crippen LogP contribution in [0.3, 0.4) is 0 Å². The molecule has 0 spiro atoms. The molecule has 3 nitrogen and oxygen atoms in total. The van der Waals surface area contributed by atoms with E-state index in [9.17, 15) is 4.89 Å². The molecule has 0 unspecified atom stereocenters. The van der Waals surface area contributed by atoms with Gasteiger partial charge >= 0.3 is 8.60 Å². The molecule has 0 radical (unpaired) electrons. The van der Waals surface area contributed by atoms with Crippen LogP contribution in [0, 0.1) is 0 Å². The summed E-state index contributed by atoms with van der Waals surface area (Å²) in [6.07, 6.45) is 29.3. The predicted molar refractivity (Wildman–Crippen MR) is 134 cm³/mol. The van der Waals surface area contributed by atoms with Gasteiger partial charge in [-0.05, 0) is 12.8 Å². The number of hydrogen-bond acceptors (Lipinski definition) is 3. The number of unbranched alkanes of at least 4 members (excludes halogenated alkanes) is 20. The first-order chi connectivity index (χ1) is 14.8. The first-order valence-electron chi connectivity index (χ1n) is 13.6. The van der Waals surface area contributed by atoms with Crippen molar-refractivity contribution in [3.05, 3.63) is 0 Å². The van der Waals surface area contributed by atoms with Gasteiger partial charge in [0.1, 0.15) is 0 Å². The molecule has 0 rings (SSSR count). The fraction of sp³-hybridized carbons (Fsp3) is 1.00. The fourth-order valence-electron chi connectivity index (χ4n) is 3.86. The average molecular weight is 495 g/mol. The summed E-state index contributed by atoms with van der Waals surface area (Å²) in [4.78, 5) is 9.79. The van der Waals surface area contributed by atoms with Gasteiger partial charge in [-0.25, -0.2) is 0 Å². The molecular formula is C26H55O3PTi. The Labute approximate surface area is 212 Å². The second-order valence-corrected chi connectivity index (χ2v) is 9.97. The Morgan fingerprint density at radius 2 is 0.645 bits per heavy atom. The maximum atomic E-state index is 9.79. The molecule has 0 aliphatic carbocycles. The maximum Gasteiger partial charge on any atom is 0.329 e. The van der Waals surface area contributed by atoms with Crippen molar-refractivity contribution in [1.29, 1.82) is 0 Å². The largest absolute Gasteiger partial charge is 0.329 e. The minimum Gasteiger partial charge on any atom is -0.328 e. The van der Waals surface area contributed by atoms with Gasteiger partial charge in [-0.1, -0.05) is 142 Å². The summed E-state index contributed by atoms with van der Waals surface area (Å²) < 4.78 is 10.8. The Morgan fingerprint density at radius 1 is 0.419 bits per heavy atom. The predicted octanol–water partition coefficient (Wildman–Crippen LogP) is 9.86. The van der Waals surface area contributed by atoms with E-state index in [1.165, 1.54) is 128 Å². The van der Waals surface area contributed by atoms with Crippen molar-refractivity contribution < 1.29 is 35.7 Å². The van der Waals surface area contributed by atoms with Crippen LogP contribution < -0.4 is 0 Å². The Kier molecular flexibility index (Phi) is 34.2. The van der Waals surface area contributed by atoms with E-state index in [2.05, 4.69) is 13.8 Å². The summed E-state index contributed by atoms with van der Waals surface area (Å²) in [5.41, 5.74) is 0. The molecule has 0 amide bonds. The van der Waals surface area contributed by atoms with Gasteiger partial charge in [0.2, 0.25) is 0 Å². The SMILES string of the molecule is CCCCCCCCCCCCCOP(O)OCCCCCCCCCCCCC.[Ti]. The van der Waals surface area contributed by atoms with Gasteiger partial charge in [-0.15, -0.1) is 0 Å². The zero-order valence-electron chi connectivity index (χ0n) is 21.2. The van der Waals surface area contributed by atoms with Crippen molar-refractivity contribution in [2.24, 2.45) is 0 Å². The molecule has 0 atom stereocenters. The third-order valence-corrected chi connectivity index (χ3v) is 6.71. The number of rotatable bonds is 26. The Balaban J connectivity index is 0. The monoisotopic (exact) mass is 494 g/mol. The molecule has 0 fully saturated rings. The second kappa shape index (κ2) is 31.0. The number of hydrogen-bond donors (Lipinski definition) is 1. The van der Waals surface area contributed by atoms with Crippen molar-refractivity contribution in [3.63, 3.8) is 0 Å². The summed E-state index contributed by atoms with van der Waals surface area (Å²) in [6.45, 7) is 5.82. The zero-order valence-corrected chi connectivity index (χ0v) is 23.6. The summed E-state index contributed by atoms with van der Waals surface area (Å²) >= 11 is 0.